The monoisotopic (exact) mass is 128 g/mol. The fourth-order valence-corrected chi connectivity index (χ4v) is 0.471. The van der Waals surface area contributed by atoms with E-state index in [1.54, 1.807) is 20.3 Å². The molecular weight excluding hydrogens is 116 g/mol. The number of rotatable bonds is 3. The lowest BCUT2D eigenvalue weighted by Crippen LogP contribution is -1.89. The predicted molar refractivity (Wildman–Crippen MR) is 36.9 cm³/mol. The van der Waals surface area contributed by atoms with Gasteiger partial charge in [-0.3, -0.25) is 0 Å². The van der Waals surface area contributed by atoms with Crippen LogP contribution in [-0.2, 0) is 9.47 Å². The SMILES string of the molecule is C=CC(OC)=C(C)OC. The van der Waals surface area contributed by atoms with Crippen molar-refractivity contribution in [3.05, 3.63) is 24.2 Å². The van der Waals surface area contributed by atoms with Crippen LogP contribution < -0.4 is 0 Å². The zero-order valence-corrected chi connectivity index (χ0v) is 6.10. The Morgan fingerprint density at radius 1 is 1.33 bits per heavy atom. The highest BCUT2D eigenvalue weighted by molar-refractivity contribution is 5.11. The first kappa shape index (κ1) is 8.08. The first-order chi connectivity index (χ1) is 4.26. The van der Waals surface area contributed by atoms with Crippen molar-refractivity contribution in [2.75, 3.05) is 14.2 Å². The zero-order chi connectivity index (χ0) is 7.28. The fourth-order valence-electron chi connectivity index (χ4n) is 0.471. The molecule has 0 aromatic carbocycles. The predicted octanol–water partition coefficient (Wildman–Crippen LogP) is 1.70. The summed E-state index contributed by atoms with van der Waals surface area (Å²) in [6.45, 7) is 5.36. The van der Waals surface area contributed by atoms with Crippen LogP contribution in [0.1, 0.15) is 6.92 Å². The van der Waals surface area contributed by atoms with Gasteiger partial charge in [-0.25, -0.2) is 0 Å². The largest absolute Gasteiger partial charge is 0.498 e. The molecule has 0 aliphatic heterocycles. The molecule has 0 fully saturated rings. The summed E-state index contributed by atoms with van der Waals surface area (Å²) in [6, 6.07) is 0. The molecule has 0 heterocycles. The molecular formula is C7H12O2. The number of ether oxygens (including phenoxy) is 2. The minimum absolute atomic E-state index is 0.678. The van der Waals surface area contributed by atoms with Gasteiger partial charge in [-0.15, -0.1) is 0 Å². The van der Waals surface area contributed by atoms with E-state index in [0.29, 0.717) is 5.76 Å². The standard InChI is InChI=1S/C7H12O2/c1-5-7(9-4)6(2)8-3/h5H,1H2,2-4H3. The molecule has 0 bridgehead atoms. The van der Waals surface area contributed by atoms with Gasteiger partial charge in [0.25, 0.3) is 0 Å². The van der Waals surface area contributed by atoms with E-state index in [1.165, 1.54) is 0 Å². The van der Waals surface area contributed by atoms with E-state index in [1.807, 2.05) is 6.92 Å². The van der Waals surface area contributed by atoms with Crippen molar-refractivity contribution in [1.82, 2.24) is 0 Å². The van der Waals surface area contributed by atoms with E-state index in [2.05, 4.69) is 6.58 Å². The molecule has 2 heteroatoms. The Labute approximate surface area is 55.8 Å². The molecule has 0 aromatic heterocycles. The Hall–Kier alpha value is -0.920. The van der Waals surface area contributed by atoms with E-state index in [4.69, 9.17) is 9.47 Å². The van der Waals surface area contributed by atoms with Crippen LogP contribution >= 0.6 is 0 Å². The van der Waals surface area contributed by atoms with Gasteiger partial charge in [0.15, 0.2) is 5.76 Å². The van der Waals surface area contributed by atoms with Gasteiger partial charge in [-0.2, -0.15) is 0 Å². The highest BCUT2D eigenvalue weighted by Crippen LogP contribution is 2.04. The highest BCUT2D eigenvalue weighted by atomic mass is 16.5. The maximum Gasteiger partial charge on any atom is 0.155 e. The molecule has 0 aliphatic carbocycles. The minimum atomic E-state index is 0.678. The van der Waals surface area contributed by atoms with Crippen LogP contribution in [0.2, 0.25) is 0 Å². The Balaban J connectivity index is 4.18. The average Bonchev–Trinajstić information content (AvgIpc) is 1.90. The lowest BCUT2D eigenvalue weighted by Gasteiger charge is -2.03. The van der Waals surface area contributed by atoms with E-state index >= 15 is 0 Å². The van der Waals surface area contributed by atoms with E-state index in [0.717, 1.165) is 5.76 Å². The van der Waals surface area contributed by atoms with Crippen LogP contribution in [0.3, 0.4) is 0 Å². The van der Waals surface area contributed by atoms with Crippen LogP contribution in [0.4, 0.5) is 0 Å². The van der Waals surface area contributed by atoms with Crippen LogP contribution in [-0.4, -0.2) is 14.2 Å². The Kier molecular flexibility index (Phi) is 3.60. The van der Waals surface area contributed by atoms with Crippen LogP contribution in [0, 0.1) is 0 Å². The summed E-state index contributed by atoms with van der Waals surface area (Å²) in [5, 5.41) is 0. The fraction of sp³-hybridized carbons (Fsp3) is 0.429. The molecule has 0 radical (unpaired) electrons. The van der Waals surface area contributed by atoms with Gasteiger partial charge in [-0.05, 0) is 13.0 Å². The molecule has 0 atom stereocenters. The van der Waals surface area contributed by atoms with Gasteiger partial charge in [0.05, 0.1) is 14.2 Å². The topological polar surface area (TPSA) is 18.5 Å². The molecule has 9 heavy (non-hydrogen) atoms. The molecule has 0 saturated carbocycles. The molecule has 0 aliphatic rings. The first-order valence-electron chi connectivity index (χ1n) is 2.67. The molecule has 52 valence electrons. The van der Waals surface area contributed by atoms with Crippen molar-refractivity contribution in [3.63, 3.8) is 0 Å². The lowest BCUT2D eigenvalue weighted by molar-refractivity contribution is 0.232. The van der Waals surface area contributed by atoms with Gasteiger partial charge in [0, 0.05) is 0 Å². The minimum Gasteiger partial charge on any atom is -0.498 e. The third-order valence-electron chi connectivity index (χ3n) is 1.06. The Morgan fingerprint density at radius 2 is 1.89 bits per heavy atom. The summed E-state index contributed by atoms with van der Waals surface area (Å²) in [4.78, 5) is 0. The molecule has 0 spiro atoms. The van der Waals surface area contributed by atoms with Crippen LogP contribution in [0.25, 0.3) is 0 Å². The van der Waals surface area contributed by atoms with Crippen molar-refractivity contribution in [2.45, 2.75) is 6.92 Å². The van der Waals surface area contributed by atoms with Crippen molar-refractivity contribution in [1.29, 1.82) is 0 Å². The molecule has 0 unspecified atom stereocenters. The summed E-state index contributed by atoms with van der Waals surface area (Å²) in [5.41, 5.74) is 0. The highest BCUT2D eigenvalue weighted by Gasteiger charge is 1.94. The molecule has 0 saturated heterocycles. The Morgan fingerprint density at radius 3 is 2.00 bits per heavy atom. The number of hydrogen-bond acceptors (Lipinski definition) is 2. The second-order valence-corrected chi connectivity index (χ2v) is 1.53. The first-order valence-corrected chi connectivity index (χ1v) is 2.67. The van der Waals surface area contributed by atoms with Crippen molar-refractivity contribution in [2.24, 2.45) is 0 Å². The smallest absolute Gasteiger partial charge is 0.155 e. The summed E-state index contributed by atoms with van der Waals surface area (Å²) < 4.78 is 9.77. The van der Waals surface area contributed by atoms with Crippen molar-refractivity contribution < 1.29 is 9.47 Å². The number of hydrogen-bond donors (Lipinski definition) is 0. The summed E-state index contributed by atoms with van der Waals surface area (Å²) in [7, 11) is 3.18. The van der Waals surface area contributed by atoms with Crippen molar-refractivity contribution >= 4 is 0 Å². The van der Waals surface area contributed by atoms with Gasteiger partial charge >= 0.3 is 0 Å². The quantitative estimate of drug-likeness (QED) is 0.425. The lowest BCUT2D eigenvalue weighted by atomic mass is 10.4. The Bertz CT molecular complexity index is 125. The van der Waals surface area contributed by atoms with Crippen LogP contribution in [0.5, 0.6) is 0 Å². The summed E-state index contributed by atoms with van der Waals surface area (Å²) in [5.74, 6) is 1.42. The molecule has 0 N–H and O–H groups in total. The van der Waals surface area contributed by atoms with Gasteiger partial charge in [-0.1, -0.05) is 6.58 Å². The normalized spacial score (nSPS) is 11.9. The molecule has 0 amide bonds. The molecule has 2 nitrogen and oxygen atoms in total. The average molecular weight is 128 g/mol. The zero-order valence-electron chi connectivity index (χ0n) is 6.10. The van der Waals surface area contributed by atoms with E-state index in [9.17, 15) is 0 Å². The number of methoxy groups -OCH3 is 2. The maximum absolute atomic E-state index is 4.89. The molecule has 0 rings (SSSR count). The number of allylic oxidation sites excluding steroid dienone is 2. The third-order valence-corrected chi connectivity index (χ3v) is 1.06. The van der Waals surface area contributed by atoms with Crippen LogP contribution in [0.15, 0.2) is 24.2 Å². The third kappa shape index (κ3) is 2.22. The van der Waals surface area contributed by atoms with E-state index in [-0.39, 0.29) is 0 Å². The summed E-state index contributed by atoms with van der Waals surface area (Å²) in [6.07, 6.45) is 1.61. The van der Waals surface area contributed by atoms with Gasteiger partial charge in [0.1, 0.15) is 5.76 Å². The second kappa shape index (κ2) is 4.01. The van der Waals surface area contributed by atoms with Gasteiger partial charge in [0.2, 0.25) is 0 Å². The van der Waals surface area contributed by atoms with E-state index < -0.39 is 0 Å². The maximum atomic E-state index is 4.89. The van der Waals surface area contributed by atoms with Gasteiger partial charge < -0.3 is 9.47 Å². The second-order valence-electron chi connectivity index (χ2n) is 1.53. The van der Waals surface area contributed by atoms with Crippen molar-refractivity contribution in [3.8, 4) is 0 Å². The molecule has 0 aromatic rings. The summed E-state index contributed by atoms with van der Waals surface area (Å²) >= 11 is 0.